The van der Waals surface area contributed by atoms with Crippen LogP contribution in [0.25, 0.3) is 0 Å². The lowest BCUT2D eigenvalue weighted by Crippen LogP contribution is -2.40. The summed E-state index contributed by atoms with van der Waals surface area (Å²) in [7, 11) is 1.56. The number of benzene rings is 2. The number of hydrogen-bond acceptors (Lipinski definition) is 4. The molecule has 2 aromatic carbocycles. The van der Waals surface area contributed by atoms with E-state index in [-0.39, 0.29) is 5.92 Å². The van der Waals surface area contributed by atoms with E-state index < -0.39 is 12.0 Å². The Morgan fingerprint density at radius 1 is 1.18 bits per heavy atom. The predicted molar refractivity (Wildman–Crippen MR) is 115 cm³/mol. The van der Waals surface area contributed by atoms with Gasteiger partial charge in [-0.25, -0.2) is 0 Å². The number of carboxylic acid groups (broad SMARTS) is 1. The lowest BCUT2D eigenvalue weighted by molar-refractivity contribution is -0.140. The summed E-state index contributed by atoms with van der Waals surface area (Å²) < 4.78 is 12.1. The summed E-state index contributed by atoms with van der Waals surface area (Å²) in [5.41, 5.74) is 1.74. The van der Waals surface area contributed by atoms with Crippen molar-refractivity contribution >= 4 is 45.1 Å². The second-order valence-electron chi connectivity index (χ2n) is 6.57. The maximum absolute atomic E-state index is 11.4. The molecule has 0 aliphatic heterocycles. The fourth-order valence-corrected chi connectivity index (χ4v) is 3.39. The van der Waals surface area contributed by atoms with Gasteiger partial charge in [0.2, 0.25) is 0 Å². The number of aliphatic carboxylic acids is 1. The zero-order valence-corrected chi connectivity index (χ0v) is 18.9. The van der Waals surface area contributed by atoms with Gasteiger partial charge in [-0.05, 0) is 41.3 Å². The topological polar surface area (TPSA) is 67.8 Å². The van der Waals surface area contributed by atoms with Gasteiger partial charge in [0.1, 0.15) is 12.6 Å². The molecule has 0 spiro atoms. The number of carboxylic acids is 1. The van der Waals surface area contributed by atoms with E-state index in [4.69, 9.17) is 32.7 Å². The van der Waals surface area contributed by atoms with Gasteiger partial charge < -0.3 is 19.9 Å². The standard InChI is InChI=1S/C20H22BrCl2NO4/c1-11(2)19(20(25)26)24-9-13-7-17(27-3)18(8-14(13)21)28-10-12-4-5-15(22)16(23)6-12/h4-8,11,19,24H,9-10H2,1-3H3,(H,25,26). The van der Waals surface area contributed by atoms with Crippen LogP contribution in [0.5, 0.6) is 11.5 Å². The largest absolute Gasteiger partial charge is 0.493 e. The first kappa shape index (κ1) is 22.8. The lowest BCUT2D eigenvalue weighted by Gasteiger charge is -2.19. The summed E-state index contributed by atoms with van der Waals surface area (Å²) in [6.07, 6.45) is 0. The first-order valence-corrected chi connectivity index (χ1v) is 10.2. The van der Waals surface area contributed by atoms with Crippen LogP contribution in [0.1, 0.15) is 25.0 Å². The summed E-state index contributed by atoms with van der Waals surface area (Å²) in [5, 5.41) is 13.3. The van der Waals surface area contributed by atoms with Crippen molar-refractivity contribution < 1.29 is 19.4 Å². The van der Waals surface area contributed by atoms with E-state index in [0.717, 1.165) is 15.6 Å². The Kier molecular flexibility index (Phi) is 8.43. The second kappa shape index (κ2) is 10.3. The molecular weight excluding hydrogens is 469 g/mol. The highest BCUT2D eigenvalue weighted by atomic mass is 79.9. The van der Waals surface area contributed by atoms with Gasteiger partial charge in [-0.3, -0.25) is 4.79 Å². The zero-order valence-electron chi connectivity index (χ0n) is 15.8. The van der Waals surface area contributed by atoms with Crippen molar-refractivity contribution in [1.82, 2.24) is 5.32 Å². The van der Waals surface area contributed by atoms with Crippen molar-refractivity contribution in [2.75, 3.05) is 7.11 Å². The fourth-order valence-electron chi connectivity index (χ4n) is 2.60. The molecule has 0 aliphatic carbocycles. The molecule has 0 bridgehead atoms. The van der Waals surface area contributed by atoms with E-state index in [9.17, 15) is 9.90 Å². The zero-order chi connectivity index (χ0) is 20.8. The first-order valence-electron chi connectivity index (χ1n) is 8.62. The molecule has 2 N–H and O–H groups in total. The number of halogens is 3. The van der Waals surface area contributed by atoms with E-state index >= 15 is 0 Å². The molecule has 1 atom stereocenters. The van der Waals surface area contributed by atoms with Crippen LogP contribution >= 0.6 is 39.1 Å². The minimum atomic E-state index is -0.875. The summed E-state index contributed by atoms with van der Waals surface area (Å²) in [5.74, 6) is 0.200. The average Bonchev–Trinajstić information content (AvgIpc) is 2.63. The molecule has 152 valence electrons. The van der Waals surface area contributed by atoms with Gasteiger partial charge in [0, 0.05) is 11.0 Å². The summed E-state index contributed by atoms with van der Waals surface area (Å²) >= 11 is 15.5. The molecule has 2 aromatic rings. The summed E-state index contributed by atoms with van der Waals surface area (Å²) in [6.45, 7) is 4.40. The third kappa shape index (κ3) is 6.01. The van der Waals surface area contributed by atoms with Gasteiger partial charge in [-0.1, -0.05) is 59.0 Å². The van der Waals surface area contributed by atoms with Crippen molar-refractivity contribution in [2.24, 2.45) is 5.92 Å². The van der Waals surface area contributed by atoms with Crippen molar-refractivity contribution in [3.05, 3.63) is 56.0 Å². The van der Waals surface area contributed by atoms with Crippen LogP contribution in [0.3, 0.4) is 0 Å². The van der Waals surface area contributed by atoms with Gasteiger partial charge in [-0.2, -0.15) is 0 Å². The molecular formula is C20H22BrCl2NO4. The number of ether oxygens (including phenoxy) is 2. The first-order chi connectivity index (χ1) is 13.2. The van der Waals surface area contributed by atoms with Gasteiger partial charge >= 0.3 is 5.97 Å². The Morgan fingerprint density at radius 3 is 2.46 bits per heavy atom. The summed E-state index contributed by atoms with van der Waals surface area (Å²) in [4.78, 5) is 11.4. The molecule has 2 rings (SSSR count). The fraction of sp³-hybridized carbons (Fsp3) is 0.350. The minimum Gasteiger partial charge on any atom is -0.493 e. The lowest BCUT2D eigenvalue weighted by atomic mass is 10.0. The summed E-state index contributed by atoms with van der Waals surface area (Å²) in [6, 6.07) is 8.30. The maximum Gasteiger partial charge on any atom is 0.320 e. The molecule has 0 radical (unpaired) electrons. The molecule has 0 aromatic heterocycles. The normalized spacial score (nSPS) is 12.1. The Bertz CT molecular complexity index is 845. The molecule has 0 aliphatic rings. The Hall–Kier alpha value is -1.47. The third-order valence-corrected chi connectivity index (χ3v) is 5.63. The molecule has 1 unspecified atom stereocenters. The molecule has 0 saturated carbocycles. The monoisotopic (exact) mass is 489 g/mol. The van der Waals surface area contributed by atoms with Crippen LogP contribution < -0.4 is 14.8 Å². The van der Waals surface area contributed by atoms with Gasteiger partial charge in [0.05, 0.1) is 17.2 Å². The predicted octanol–water partition coefficient (Wildman–Crippen LogP) is 5.54. The number of nitrogens with one attached hydrogen (secondary N) is 1. The Balaban J connectivity index is 2.13. The van der Waals surface area contributed by atoms with Gasteiger partial charge in [0.25, 0.3) is 0 Å². The molecule has 0 amide bonds. The SMILES string of the molecule is COc1cc(CNC(C(=O)O)C(C)C)c(Br)cc1OCc1ccc(Cl)c(Cl)c1. The van der Waals surface area contributed by atoms with Crippen molar-refractivity contribution in [3.63, 3.8) is 0 Å². The smallest absolute Gasteiger partial charge is 0.320 e. The number of rotatable bonds is 9. The molecule has 28 heavy (non-hydrogen) atoms. The Labute approximate surface area is 183 Å². The highest BCUT2D eigenvalue weighted by Crippen LogP contribution is 2.34. The van der Waals surface area contributed by atoms with Crippen LogP contribution in [0, 0.1) is 5.92 Å². The van der Waals surface area contributed by atoms with Crippen LogP contribution in [0.4, 0.5) is 0 Å². The van der Waals surface area contributed by atoms with E-state index in [2.05, 4.69) is 21.2 Å². The van der Waals surface area contributed by atoms with Crippen molar-refractivity contribution in [1.29, 1.82) is 0 Å². The van der Waals surface area contributed by atoms with Crippen molar-refractivity contribution in [3.8, 4) is 11.5 Å². The average molecular weight is 491 g/mol. The second-order valence-corrected chi connectivity index (χ2v) is 8.24. The van der Waals surface area contributed by atoms with E-state index in [1.165, 1.54) is 0 Å². The van der Waals surface area contributed by atoms with Crippen molar-refractivity contribution in [2.45, 2.75) is 33.0 Å². The van der Waals surface area contributed by atoms with Crippen LogP contribution in [0.2, 0.25) is 10.0 Å². The molecule has 0 heterocycles. The number of carbonyl (C=O) groups is 1. The molecule has 8 heteroatoms. The molecule has 0 fully saturated rings. The quantitative estimate of drug-likeness (QED) is 0.482. The highest BCUT2D eigenvalue weighted by molar-refractivity contribution is 9.10. The number of hydrogen-bond donors (Lipinski definition) is 2. The maximum atomic E-state index is 11.4. The van der Waals surface area contributed by atoms with Crippen LogP contribution in [-0.4, -0.2) is 24.2 Å². The minimum absolute atomic E-state index is 0.0352. The van der Waals surface area contributed by atoms with Crippen LogP contribution in [-0.2, 0) is 17.9 Å². The van der Waals surface area contributed by atoms with Gasteiger partial charge in [-0.15, -0.1) is 0 Å². The van der Waals surface area contributed by atoms with Gasteiger partial charge in [0.15, 0.2) is 11.5 Å². The van der Waals surface area contributed by atoms with E-state index in [0.29, 0.717) is 34.7 Å². The molecule has 5 nitrogen and oxygen atoms in total. The van der Waals surface area contributed by atoms with E-state index in [1.54, 1.807) is 25.3 Å². The van der Waals surface area contributed by atoms with E-state index in [1.807, 2.05) is 26.0 Å². The third-order valence-electron chi connectivity index (χ3n) is 4.16. The Morgan fingerprint density at radius 2 is 1.89 bits per heavy atom. The number of methoxy groups -OCH3 is 1. The highest BCUT2D eigenvalue weighted by Gasteiger charge is 2.21. The molecule has 0 saturated heterocycles. The van der Waals surface area contributed by atoms with Crippen LogP contribution in [0.15, 0.2) is 34.8 Å².